The summed E-state index contributed by atoms with van der Waals surface area (Å²) in [7, 11) is 0. The van der Waals surface area contributed by atoms with Crippen LogP contribution in [0.1, 0.15) is 33.1 Å². The van der Waals surface area contributed by atoms with Crippen LogP contribution < -0.4 is 0 Å². The highest BCUT2D eigenvalue weighted by atomic mass is 19.1. The first-order chi connectivity index (χ1) is 5.57. The fraction of sp³-hybridized carbons (Fsp3) is 0.667. The van der Waals surface area contributed by atoms with Gasteiger partial charge in [0.1, 0.15) is 0 Å². The first kappa shape index (κ1) is 11.1. The highest BCUT2D eigenvalue weighted by Gasteiger charge is 2.05. The lowest BCUT2D eigenvalue weighted by Crippen LogP contribution is -1.97. The van der Waals surface area contributed by atoms with Crippen molar-refractivity contribution < 1.29 is 14.3 Å². The highest BCUT2D eigenvalue weighted by molar-refractivity contribution is 5.83. The van der Waals surface area contributed by atoms with Gasteiger partial charge in [-0.15, -0.1) is 0 Å². The molecule has 0 aromatic carbocycles. The number of halogens is 1. The van der Waals surface area contributed by atoms with E-state index in [1.54, 1.807) is 0 Å². The summed E-state index contributed by atoms with van der Waals surface area (Å²) in [6.07, 6.45) is 3.70. The van der Waals surface area contributed by atoms with Gasteiger partial charge in [-0.2, -0.15) is 4.39 Å². The molecule has 1 unspecified atom stereocenters. The molecule has 0 aliphatic rings. The van der Waals surface area contributed by atoms with Gasteiger partial charge in [0.15, 0.2) is 0 Å². The van der Waals surface area contributed by atoms with Crippen LogP contribution >= 0.6 is 0 Å². The monoisotopic (exact) mass is 174 g/mol. The third-order valence-corrected chi connectivity index (χ3v) is 1.69. The summed E-state index contributed by atoms with van der Waals surface area (Å²) in [6, 6.07) is 0. The standard InChI is InChI=1S/C9H15FO2/c1-3-4-7(2)5-6-8(10)9(11)12/h6-7H,3-5H2,1-2H3,(H,11,12)/b8-6-. The van der Waals surface area contributed by atoms with Gasteiger partial charge in [-0.25, -0.2) is 4.79 Å². The fourth-order valence-corrected chi connectivity index (χ4v) is 1.00. The molecule has 1 N–H and O–H groups in total. The Morgan fingerprint density at radius 3 is 2.67 bits per heavy atom. The zero-order chi connectivity index (χ0) is 9.56. The Morgan fingerprint density at radius 1 is 1.67 bits per heavy atom. The maximum atomic E-state index is 12.4. The zero-order valence-electron chi connectivity index (χ0n) is 7.51. The molecular weight excluding hydrogens is 159 g/mol. The molecule has 70 valence electrons. The Hall–Kier alpha value is -0.860. The SMILES string of the molecule is CCCC(C)C/C=C(\F)C(=O)O. The molecule has 0 aromatic rings. The summed E-state index contributed by atoms with van der Waals surface area (Å²) in [5.74, 6) is -2.16. The van der Waals surface area contributed by atoms with Crippen LogP contribution in [0.25, 0.3) is 0 Å². The molecule has 0 aromatic heterocycles. The van der Waals surface area contributed by atoms with E-state index >= 15 is 0 Å². The molecule has 0 rings (SSSR count). The molecule has 0 fully saturated rings. The Morgan fingerprint density at radius 2 is 2.25 bits per heavy atom. The number of hydrogen-bond donors (Lipinski definition) is 1. The van der Waals surface area contributed by atoms with E-state index in [1.807, 2.05) is 13.8 Å². The Kier molecular flexibility index (Phi) is 5.34. The molecule has 0 amide bonds. The molecule has 0 radical (unpaired) electrons. The maximum Gasteiger partial charge on any atom is 0.364 e. The lowest BCUT2D eigenvalue weighted by Gasteiger charge is -2.04. The van der Waals surface area contributed by atoms with Gasteiger partial charge in [0.25, 0.3) is 0 Å². The van der Waals surface area contributed by atoms with Crippen LogP contribution in [0.15, 0.2) is 11.9 Å². The number of rotatable bonds is 5. The number of carboxylic acid groups (broad SMARTS) is 1. The Balaban J connectivity index is 3.79. The molecule has 1 atom stereocenters. The smallest absolute Gasteiger partial charge is 0.364 e. The lowest BCUT2D eigenvalue weighted by atomic mass is 10.0. The van der Waals surface area contributed by atoms with E-state index in [9.17, 15) is 9.18 Å². The van der Waals surface area contributed by atoms with Crippen LogP contribution in [0, 0.1) is 5.92 Å². The first-order valence-corrected chi connectivity index (χ1v) is 4.16. The van der Waals surface area contributed by atoms with Gasteiger partial charge in [0, 0.05) is 0 Å². The minimum atomic E-state index is -1.47. The molecule has 2 nitrogen and oxygen atoms in total. The zero-order valence-corrected chi connectivity index (χ0v) is 7.51. The molecule has 3 heteroatoms. The molecule has 0 aliphatic carbocycles. The second-order valence-electron chi connectivity index (χ2n) is 2.99. The summed E-state index contributed by atoms with van der Waals surface area (Å²) < 4.78 is 12.4. The van der Waals surface area contributed by atoms with Gasteiger partial charge in [-0.05, 0) is 18.4 Å². The quantitative estimate of drug-likeness (QED) is 0.651. The Bertz CT molecular complexity index is 175. The van der Waals surface area contributed by atoms with Crippen LogP contribution in [0.4, 0.5) is 4.39 Å². The average molecular weight is 174 g/mol. The van der Waals surface area contributed by atoms with Crippen LogP contribution in [-0.2, 0) is 4.79 Å². The molecule has 0 heterocycles. The molecule has 0 aliphatic heterocycles. The van der Waals surface area contributed by atoms with Crippen molar-refractivity contribution in [2.45, 2.75) is 33.1 Å². The van der Waals surface area contributed by atoms with E-state index in [1.165, 1.54) is 0 Å². The predicted octanol–water partition coefficient (Wildman–Crippen LogP) is 2.75. The average Bonchev–Trinajstić information content (AvgIpc) is 2.00. The fourth-order valence-electron chi connectivity index (χ4n) is 1.00. The summed E-state index contributed by atoms with van der Waals surface area (Å²) in [4.78, 5) is 10.0. The minimum absolute atomic E-state index is 0.361. The van der Waals surface area contributed by atoms with E-state index in [2.05, 4.69) is 0 Å². The van der Waals surface area contributed by atoms with Crippen LogP contribution in [0.2, 0.25) is 0 Å². The van der Waals surface area contributed by atoms with Crippen LogP contribution in [-0.4, -0.2) is 11.1 Å². The highest BCUT2D eigenvalue weighted by Crippen LogP contribution is 2.12. The van der Waals surface area contributed by atoms with Gasteiger partial charge in [-0.1, -0.05) is 26.7 Å². The minimum Gasteiger partial charge on any atom is -0.476 e. The first-order valence-electron chi connectivity index (χ1n) is 4.16. The normalized spacial score (nSPS) is 14.4. The van der Waals surface area contributed by atoms with Crippen molar-refractivity contribution in [3.8, 4) is 0 Å². The molecule has 0 bridgehead atoms. The van der Waals surface area contributed by atoms with Crippen molar-refractivity contribution >= 4 is 5.97 Å². The topological polar surface area (TPSA) is 37.3 Å². The molecule has 12 heavy (non-hydrogen) atoms. The van der Waals surface area contributed by atoms with Crippen LogP contribution in [0.5, 0.6) is 0 Å². The third-order valence-electron chi connectivity index (χ3n) is 1.69. The summed E-state index contributed by atoms with van der Waals surface area (Å²) in [6.45, 7) is 4.03. The predicted molar refractivity (Wildman–Crippen MR) is 45.5 cm³/mol. The van der Waals surface area contributed by atoms with E-state index in [0.29, 0.717) is 12.3 Å². The second-order valence-corrected chi connectivity index (χ2v) is 2.99. The van der Waals surface area contributed by atoms with Gasteiger partial charge >= 0.3 is 5.97 Å². The second kappa shape index (κ2) is 5.75. The largest absolute Gasteiger partial charge is 0.476 e. The van der Waals surface area contributed by atoms with Crippen molar-refractivity contribution in [1.29, 1.82) is 0 Å². The third kappa shape index (κ3) is 4.88. The van der Waals surface area contributed by atoms with Crippen molar-refractivity contribution in [1.82, 2.24) is 0 Å². The van der Waals surface area contributed by atoms with Crippen molar-refractivity contribution in [3.63, 3.8) is 0 Å². The van der Waals surface area contributed by atoms with Gasteiger partial charge in [0.2, 0.25) is 5.83 Å². The number of allylic oxidation sites excluding steroid dienone is 1. The molecule has 0 spiro atoms. The van der Waals surface area contributed by atoms with E-state index in [4.69, 9.17) is 5.11 Å². The van der Waals surface area contributed by atoms with E-state index in [-0.39, 0.29) is 0 Å². The number of aliphatic carboxylic acids is 1. The Labute approximate surface area is 72.1 Å². The summed E-state index contributed by atoms with van der Waals surface area (Å²) in [5.41, 5.74) is 0. The maximum absolute atomic E-state index is 12.4. The van der Waals surface area contributed by atoms with Gasteiger partial charge in [-0.3, -0.25) is 0 Å². The van der Waals surface area contributed by atoms with E-state index < -0.39 is 11.8 Å². The molecule has 0 saturated carbocycles. The number of carboxylic acids is 1. The molecular formula is C9H15FO2. The number of carbonyl (C=O) groups is 1. The van der Waals surface area contributed by atoms with Gasteiger partial charge < -0.3 is 5.11 Å². The van der Waals surface area contributed by atoms with Crippen molar-refractivity contribution in [2.24, 2.45) is 5.92 Å². The van der Waals surface area contributed by atoms with Crippen molar-refractivity contribution in [3.05, 3.63) is 11.9 Å². The summed E-state index contributed by atoms with van der Waals surface area (Å²) >= 11 is 0. The molecule has 0 saturated heterocycles. The lowest BCUT2D eigenvalue weighted by molar-refractivity contribution is -0.134. The summed E-state index contributed by atoms with van der Waals surface area (Å²) in [5, 5.41) is 8.18. The van der Waals surface area contributed by atoms with E-state index in [0.717, 1.165) is 18.9 Å². The van der Waals surface area contributed by atoms with Crippen molar-refractivity contribution in [2.75, 3.05) is 0 Å². The van der Waals surface area contributed by atoms with Crippen LogP contribution in [0.3, 0.4) is 0 Å². The van der Waals surface area contributed by atoms with Gasteiger partial charge in [0.05, 0.1) is 0 Å². The number of hydrogen-bond acceptors (Lipinski definition) is 1.